The number of aliphatic hydroxyl groups is 2. The summed E-state index contributed by atoms with van der Waals surface area (Å²) < 4.78 is 15.7. The van der Waals surface area contributed by atoms with Gasteiger partial charge in [0.15, 0.2) is 0 Å². The number of benzene rings is 1. The number of aliphatic hydroxyl groups excluding tert-OH is 1. The molecule has 1 heterocycles. The third kappa shape index (κ3) is 4.42. The van der Waals surface area contributed by atoms with E-state index >= 15 is 0 Å². The van der Waals surface area contributed by atoms with E-state index in [2.05, 4.69) is 10.1 Å². The highest BCUT2D eigenvalue weighted by atomic mass is 16.3. The number of rotatable bonds is 8. The average molecular weight is 274 g/mol. The van der Waals surface area contributed by atoms with E-state index in [0.717, 1.165) is 5.56 Å². The molecule has 0 aliphatic carbocycles. The van der Waals surface area contributed by atoms with Crippen molar-refractivity contribution >= 4 is 0 Å². The van der Waals surface area contributed by atoms with Gasteiger partial charge in [-0.25, -0.2) is 0 Å². The Morgan fingerprint density at radius 2 is 2.00 bits per heavy atom. The van der Waals surface area contributed by atoms with Crippen molar-refractivity contribution in [1.29, 1.82) is 1.43 Å². The molecule has 2 aromatic rings. The van der Waals surface area contributed by atoms with Gasteiger partial charge in [-0.3, -0.25) is 9.88 Å². The van der Waals surface area contributed by atoms with Crippen LogP contribution in [0.1, 0.15) is 18.7 Å². The van der Waals surface area contributed by atoms with Crippen LogP contribution in [-0.4, -0.2) is 41.2 Å². The molecule has 0 saturated heterocycles. The fraction of sp³-hybridized carbons (Fsp3) is 0.312. The first kappa shape index (κ1) is 12.0. The predicted molar refractivity (Wildman–Crippen MR) is 78.0 cm³/mol. The lowest BCUT2D eigenvalue weighted by atomic mass is 10.1. The Hall–Kier alpha value is -1.75. The minimum Gasteiger partial charge on any atom is -0.395 e. The lowest BCUT2D eigenvalue weighted by molar-refractivity contribution is 0.0930. The molecule has 0 fully saturated rings. The maximum absolute atomic E-state index is 9.25. The van der Waals surface area contributed by atoms with Gasteiger partial charge in [0.2, 0.25) is 1.43 Å². The van der Waals surface area contributed by atoms with Gasteiger partial charge in [-0.1, -0.05) is 36.4 Å². The van der Waals surface area contributed by atoms with Crippen LogP contribution in [0.3, 0.4) is 0 Å². The smallest absolute Gasteiger partial charge is 0.211 e. The number of aromatic nitrogens is 1. The number of nitrogens with zero attached hydrogens (tertiary/aromatic N) is 2. The molecule has 0 spiro atoms. The maximum atomic E-state index is 9.25. The fourth-order valence-corrected chi connectivity index (χ4v) is 2.01. The third-order valence-electron chi connectivity index (χ3n) is 2.98. The van der Waals surface area contributed by atoms with Gasteiger partial charge >= 0.3 is 0 Å². The number of hydrogen-bond donors (Lipinski definition) is 2. The second kappa shape index (κ2) is 7.75. The summed E-state index contributed by atoms with van der Waals surface area (Å²) in [6.45, 7) is 1.08. The first-order valence-electron chi connectivity index (χ1n) is 7.52. The van der Waals surface area contributed by atoms with E-state index in [4.69, 9.17) is 2.80 Å². The minimum atomic E-state index is -1.59. The van der Waals surface area contributed by atoms with E-state index in [0.29, 0.717) is 18.8 Å². The zero-order chi connectivity index (χ0) is 15.8. The zero-order valence-corrected chi connectivity index (χ0v) is 11.3. The molecule has 4 heteroatoms. The van der Waals surface area contributed by atoms with E-state index in [1.165, 1.54) is 0 Å². The highest BCUT2D eigenvalue weighted by Gasteiger charge is 2.14. The molecule has 2 N–H and O–H groups in total. The lowest BCUT2D eigenvalue weighted by Crippen LogP contribution is -2.31. The third-order valence-corrected chi connectivity index (χ3v) is 2.98. The van der Waals surface area contributed by atoms with Crippen molar-refractivity contribution in [2.45, 2.75) is 12.6 Å². The molecule has 0 saturated carbocycles. The van der Waals surface area contributed by atoms with Crippen molar-refractivity contribution in [3.05, 3.63) is 66.0 Å². The Labute approximate surface area is 122 Å². The Morgan fingerprint density at radius 1 is 1.20 bits per heavy atom. The lowest BCUT2D eigenvalue weighted by Gasteiger charge is -2.24. The van der Waals surface area contributed by atoms with Gasteiger partial charge in [-0.15, -0.1) is 0 Å². The molecule has 1 aromatic carbocycles. The van der Waals surface area contributed by atoms with Gasteiger partial charge in [-0.2, -0.15) is 0 Å². The largest absolute Gasteiger partial charge is 0.395 e. The predicted octanol–water partition coefficient (Wildman–Crippen LogP) is 1.61. The molecule has 4 nitrogen and oxygen atoms in total. The molecule has 1 atom stereocenters. The molecular weight excluding hydrogens is 252 g/mol. The van der Waals surface area contributed by atoms with Crippen LogP contribution in [0.25, 0.3) is 0 Å². The molecule has 20 heavy (non-hydrogen) atoms. The molecule has 0 aliphatic rings. The van der Waals surface area contributed by atoms with E-state index < -0.39 is 6.08 Å². The van der Waals surface area contributed by atoms with Crippen LogP contribution in [0.2, 0.25) is 0 Å². The van der Waals surface area contributed by atoms with Gasteiger partial charge in [-0.05, 0) is 17.7 Å². The van der Waals surface area contributed by atoms with Crippen LogP contribution in [0, 0.1) is 0 Å². The van der Waals surface area contributed by atoms with Crippen molar-refractivity contribution < 1.29 is 11.6 Å². The first-order chi connectivity index (χ1) is 10.7. The van der Waals surface area contributed by atoms with Crippen LogP contribution in [-0.2, 0) is 6.54 Å². The summed E-state index contributed by atoms with van der Waals surface area (Å²) in [7, 11) is 0. The fourth-order valence-electron chi connectivity index (χ4n) is 2.01. The minimum absolute atomic E-state index is 0.0247. The second-order valence-corrected chi connectivity index (χ2v) is 4.56. The monoisotopic (exact) mass is 274 g/mol. The first-order valence-corrected chi connectivity index (χ1v) is 6.61. The Morgan fingerprint density at radius 3 is 2.65 bits per heavy atom. The van der Waals surface area contributed by atoms with Gasteiger partial charge < -0.3 is 10.2 Å². The molecule has 0 radical (unpaired) electrons. The van der Waals surface area contributed by atoms with Crippen LogP contribution < -0.4 is 0 Å². The highest BCUT2D eigenvalue weighted by Crippen LogP contribution is 2.13. The summed E-state index contributed by atoms with van der Waals surface area (Å²) in [5.41, 5.74) is 1.45. The summed E-state index contributed by atoms with van der Waals surface area (Å²) in [4.78, 5) is 6.00. The molecule has 0 amide bonds. The summed E-state index contributed by atoms with van der Waals surface area (Å²) in [5.74, 6) is 0. The molecule has 1 aromatic heterocycles. The van der Waals surface area contributed by atoms with Crippen LogP contribution in [0.5, 0.6) is 0 Å². The maximum Gasteiger partial charge on any atom is 0.211 e. The van der Waals surface area contributed by atoms with Gasteiger partial charge in [0.1, 0.15) is 6.08 Å². The second-order valence-electron chi connectivity index (χ2n) is 4.56. The van der Waals surface area contributed by atoms with Crippen molar-refractivity contribution in [1.82, 2.24) is 9.88 Å². The van der Waals surface area contributed by atoms with Crippen molar-refractivity contribution in [3.8, 4) is 0 Å². The van der Waals surface area contributed by atoms with Crippen LogP contribution in [0.4, 0.5) is 0 Å². The summed E-state index contributed by atoms with van der Waals surface area (Å²) in [6.07, 6.45) is -0.0174. The van der Waals surface area contributed by atoms with Crippen molar-refractivity contribution in [2.24, 2.45) is 0 Å². The van der Waals surface area contributed by atoms with Gasteiger partial charge in [0.05, 0.1) is 13.7 Å². The van der Waals surface area contributed by atoms with Crippen molar-refractivity contribution in [3.63, 3.8) is 0 Å². The molecular formula is C16H20N2O2. The Bertz CT molecular complexity index is 557. The average Bonchev–Trinajstić information content (AvgIpc) is 2.56. The van der Waals surface area contributed by atoms with E-state index in [1.54, 1.807) is 24.4 Å². The van der Waals surface area contributed by atoms with Crippen molar-refractivity contribution in [2.75, 3.05) is 19.7 Å². The van der Waals surface area contributed by atoms with E-state index in [-0.39, 0.29) is 13.2 Å². The standard InChI is InChI=1S/C16H20N2O2/c19-11-10-18(12-14-6-2-1-3-7-14)13-16(20)15-8-4-5-9-17-15/h1-9,16,19-20H,10-13H2/i16D,20D. The van der Waals surface area contributed by atoms with Crippen LogP contribution in [0.15, 0.2) is 54.7 Å². The zero-order valence-electron chi connectivity index (χ0n) is 13.3. The highest BCUT2D eigenvalue weighted by molar-refractivity contribution is 5.14. The normalized spacial score (nSPS) is 15.5. The summed E-state index contributed by atoms with van der Waals surface area (Å²) in [5, 5.41) is 13.9. The molecule has 0 aliphatic heterocycles. The topological polar surface area (TPSA) is 56.6 Å². The van der Waals surface area contributed by atoms with E-state index in [9.17, 15) is 5.11 Å². The van der Waals surface area contributed by atoms with Gasteiger partial charge in [0, 0.05) is 25.8 Å². The quantitative estimate of drug-likeness (QED) is 0.768. The van der Waals surface area contributed by atoms with E-state index in [1.807, 2.05) is 35.2 Å². The summed E-state index contributed by atoms with van der Waals surface area (Å²) >= 11 is 0. The number of hydrogen-bond acceptors (Lipinski definition) is 4. The molecule has 0 bridgehead atoms. The molecule has 2 rings (SSSR count). The van der Waals surface area contributed by atoms with Crippen LogP contribution >= 0.6 is 0 Å². The Kier molecular flexibility index (Phi) is 4.66. The number of pyridine rings is 1. The summed E-state index contributed by atoms with van der Waals surface area (Å²) in [6, 6.07) is 15.0. The van der Waals surface area contributed by atoms with Gasteiger partial charge in [0.25, 0.3) is 0 Å². The molecule has 1 unspecified atom stereocenters. The molecule has 106 valence electrons. The Balaban J connectivity index is 2.14. The SMILES string of the molecule is [2H]OC([2H])(CN(CCO)Cc1ccccc1)c1ccccn1.